The Morgan fingerprint density at radius 2 is 2.10 bits per heavy atom. The van der Waals surface area contributed by atoms with Crippen molar-refractivity contribution in [3.05, 3.63) is 21.7 Å². The van der Waals surface area contributed by atoms with Crippen molar-refractivity contribution < 1.29 is 33.6 Å². The third-order valence-electron chi connectivity index (χ3n) is 7.56. The number of hydrogen-bond acceptors (Lipinski definition) is 8. The van der Waals surface area contributed by atoms with Crippen LogP contribution >= 0.6 is 15.9 Å². The van der Waals surface area contributed by atoms with Crippen LogP contribution in [0.5, 0.6) is 11.5 Å². The van der Waals surface area contributed by atoms with Crippen LogP contribution in [0.3, 0.4) is 0 Å². The van der Waals surface area contributed by atoms with Gasteiger partial charge in [-0.1, -0.05) is 15.9 Å². The van der Waals surface area contributed by atoms with Crippen LogP contribution in [0.1, 0.15) is 30.9 Å². The lowest BCUT2D eigenvalue weighted by atomic mass is 9.56. The molecule has 1 aromatic rings. The molecule has 0 aromatic heterocycles. The van der Waals surface area contributed by atoms with Crippen LogP contribution in [0.15, 0.2) is 10.5 Å². The summed E-state index contributed by atoms with van der Waals surface area (Å²) in [6.07, 6.45) is 0.0904. The minimum atomic E-state index is -1.97. The molecular formula is C21H24BrNO7. The molecule has 4 aliphatic rings. The van der Waals surface area contributed by atoms with Crippen LogP contribution in [0.2, 0.25) is 0 Å². The number of likely N-dealkylation sites (tertiary alicyclic amines) is 1. The molecule has 2 aliphatic carbocycles. The molecule has 0 amide bonds. The largest absolute Gasteiger partial charge is 0.493 e. The molecule has 2 fully saturated rings. The highest BCUT2D eigenvalue weighted by Crippen LogP contribution is 2.71. The number of carbonyl (C=O) groups excluding carboxylic acids is 2. The van der Waals surface area contributed by atoms with Crippen molar-refractivity contribution in [2.75, 3.05) is 27.8 Å². The zero-order chi connectivity index (χ0) is 21.6. The third-order valence-corrected chi connectivity index (χ3v) is 8.27. The van der Waals surface area contributed by atoms with Gasteiger partial charge in [0.2, 0.25) is 5.60 Å². The molecule has 2 bridgehead atoms. The van der Waals surface area contributed by atoms with Crippen LogP contribution in [0, 0.1) is 0 Å². The lowest BCUT2D eigenvalue weighted by molar-refractivity contribution is -0.189. The van der Waals surface area contributed by atoms with Gasteiger partial charge in [-0.15, -0.1) is 0 Å². The number of aliphatic hydroxyl groups is 1. The van der Waals surface area contributed by atoms with Crippen LogP contribution in [0.25, 0.3) is 0 Å². The number of esters is 2. The summed E-state index contributed by atoms with van der Waals surface area (Å²) in [5.41, 5.74) is -2.10. The number of benzene rings is 1. The van der Waals surface area contributed by atoms with Crippen LogP contribution in [0.4, 0.5) is 0 Å². The summed E-state index contributed by atoms with van der Waals surface area (Å²) in [6, 6.07) is 1.61. The van der Waals surface area contributed by atoms with Crippen LogP contribution in [-0.4, -0.2) is 73.1 Å². The first-order chi connectivity index (χ1) is 14.2. The number of carbonyl (C=O) groups is 2. The Morgan fingerprint density at radius 3 is 2.73 bits per heavy atom. The van der Waals surface area contributed by atoms with E-state index in [1.165, 1.54) is 14.0 Å². The van der Waals surface area contributed by atoms with E-state index in [1.54, 1.807) is 7.11 Å². The van der Waals surface area contributed by atoms with E-state index >= 15 is 0 Å². The van der Waals surface area contributed by atoms with Gasteiger partial charge >= 0.3 is 11.9 Å². The maximum absolute atomic E-state index is 12.9. The van der Waals surface area contributed by atoms with Gasteiger partial charge < -0.3 is 24.1 Å². The van der Waals surface area contributed by atoms with Crippen molar-refractivity contribution in [2.24, 2.45) is 0 Å². The highest BCUT2D eigenvalue weighted by atomic mass is 79.9. The molecule has 1 N–H and O–H groups in total. The lowest BCUT2D eigenvalue weighted by Gasteiger charge is -2.58. The van der Waals surface area contributed by atoms with Crippen LogP contribution < -0.4 is 9.47 Å². The molecule has 0 radical (unpaired) electrons. The highest BCUT2D eigenvalue weighted by Gasteiger charge is 2.83. The molecule has 8 nitrogen and oxygen atoms in total. The minimum absolute atomic E-state index is 0.0837. The molecule has 1 spiro atoms. The van der Waals surface area contributed by atoms with Crippen molar-refractivity contribution >= 4 is 27.9 Å². The molecule has 2 aliphatic heterocycles. The second kappa shape index (κ2) is 6.11. The second-order valence-corrected chi connectivity index (χ2v) is 9.59. The van der Waals surface area contributed by atoms with Gasteiger partial charge in [0.25, 0.3) is 0 Å². The zero-order valence-electron chi connectivity index (χ0n) is 17.3. The van der Waals surface area contributed by atoms with E-state index in [1.807, 2.05) is 13.1 Å². The van der Waals surface area contributed by atoms with Gasteiger partial charge in [-0.2, -0.15) is 0 Å². The average molecular weight is 482 g/mol. The second-order valence-electron chi connectivity index (χ2n) is 8.74. The normalized spacial score (nSPS) is 37.9. The van der Waals surface area contributed by atoms with Crippen molar-refractivity contribution in [1.82, 2.24) is 4.90 Å². The fourth-order valence-corrected chi connectivity index (χ4v) is 7.16. The Kier molecular flexibility index (Phi) is 4.09. The molecule has 5 rings (SSSR count). The Morgan fingerprint density at radius 1 is 1.37 bits per heavy atom. The molecule has 0 unspecified atom stereocenters. The number of hydrogen-bond donors (Lipinski definition) is 1. The Hall–Kier alpha value is -1.84. The van der Waals surface area contributed by atoms with E-state index in [4.69, 9.17) is 18.9 Å². The van der Waals surface area contributed by atoms with E-state index in [0.29, 0.717) is 30.9 Å². The standard InChI is InChI=1S/C21H24BrNO7/c1-10(24)30-21-9-20(26,18(25)28-4)17-19(21)5-6-23(2)14(21)7-11-12(22)8-13(27-3)16(29-17)15(11)19/h8,14,17,26H,5-7,9H2,1-4H3/t14-,17+,19-,20-,21+/m0/s1. The summed E-state index contributed by atoms with van der Waals surface area (Å²) < 4.78 is 23.9. The van der Waals surface area contributed by atoms with E-state index < -0.39 is 34.7 Å². The molecule has 1 saturated carbocycles. The number of halogens is 1. The first kappa shape index (κ1) is 20.1. The van der Waals surface area contributed by atoms with Crippen molar-refractivity contribution in [1.29, 1.82) is 0 Å². The summed E-state index contributed by atoms with van der Waals surface area (Å²) in [5.74, 6) is -0.238. The van der Waals surface area contributed by atoms with Crippen molar-refractivity contribution in [3.63, 3.8) is 0 Å². The number of piperidine rings is 1. The molecule has 30 heavy (non-hydrogen) atoms. The summed E-state index contributed by atoms with van der Waals surface area (Å²) in [5, 5.41) is 11.7. The van der Waals surface area contributed by atoms with Gasteiger partial charge in [0, 0.05) is 23.4 Å². The van der Waals surface area contributed by atoms with Crippen LogP contribution in [-0.2, 0) is 30.9 Å². The Labute approximate surface area is 182 Å². The molecule has 2 heterocycles. The SMILES string of the molecule is COC(=O)[C@]1(O)C[C@@]2(OC(C)=O)[C@@H]3Cc4c(Br)cc(OC)c5c4[C@@]2(CCN3C)[C@H]1O5. The van der Waals surface area contributed by atoms with Gasteiger partial charge in [0.1, 0.15) is 5.60 Å². The van der Waals surface area contributed by atoms with E-state index in [-0.39, 0.29) is 12.5 Å². The minimum Gasteiger partial charge on any atom is -0.493 e. The predicted molar refractivity (Wildman–Crippen MR) is 108 cm³/mol. The topological polar surface area (TPSA) is 94.5 Å². The fraction of sp³-hybridized carbons (Fsp3) is 0.619. The number of nitrogens with zero attached hydrogens (tertiary/aromatic N) is 1. The zero-order valence-corrected chi connectivity index (χ0v) is 18.9. The summed E-state index contributed by atoms with van der Waals surface area (Å²) in [4.78, 5) is 27.4. The van der Waals surface area contributed by atoms with Gasteiger partial charge in [-0.05, 0) is 38.1 Å². The summed E-state index contributed by atoms with van der Waals surface area (Å²) in [7, 11) is 4.76. The first-order valence-corrected chi connectivity index (χ1v) is 10.7. The molecular weight excluding hydrogens is 458 g/mol. The summed E-state index contributed by atoms with van der Waals surface area (Å²) in [6.45, 7) is 2.07. The maximum Gasteiger partial charge on any atom is 0.342 e. The molecule has 5 atom stereocenters. The monoisotopic (exact) mass is 481 g/mol. The molecule has 1 saturated heterocycles. The smallest absolute Gasteiger partial charge is 0.342 e. The van der Waals surface area contributed by atoms with Gasteiger partial charge in [-0.25, -0.2) is 4.79 Å². The number of methoxy groups -OCH3 is 2. The quantitative estimate of drug-likeness (QED) is 0.646. The third kappa shape index (κ3) is 2.04. The maximum atomic E-state index is 12.9. The average Bonchev–Trinajstić information content (AvgIpc) is 3.15. The van der Waals surface area contributed by atoms with Gasteiger partial charge in [0.15, 0.2) is 17.6 Å². The van der Waals surface area contributed by atoms with Crippen molar-refractivity contribution in [3.8, 4) is 11.5 Å². The molecule has 162 valence electrons. The van der Waals surface area contributed by atoms with Crippen molar-refractivity contribution in [2.45, 2.75) is 54.9 Å². The van der Waals surface area contributed by atoms with Gasteiger partial charge in [-0.3, -0.25) is 9.69 Å². The Bertz CT molecular complexity index is 983. The highest BCUT2D eigenvalue weighted by molar-refractivity contribution is 9.10. The molecule has 9 heteroatoms. The first-order valence-electron chi connectivity index (χ1n) is 9.93. The van der Waals surface area contributed by atoms with Gasteiger partial charge in [0.05, 0.1) is 25.7 Å². The number of likely N-dealkylation sites (N-methyl/N-ethyl adjacent to an activating group) is 1. The Balaban J connectivity index is 1.88. The number of rotatable bonds is 3. The van der Waals surface area contributed by atoms with E-state index in [0.717, 1.165) is 15.6 Å². The van der Waals surface area contributed by atoms with E-state index in [2.05, 4.69) is 20.8 Å². The number of ether oxygens (including phenoxy) is 4. The summed E-state index contributed by atoms with van der Waals surface area (Å²) >= 11 is 3.67. The predicted octanol–water partition coefficient (Wildman–Crippen LogP) is 1.33. The fourth-order valence-electron chi connectivity index (χ4n) is 6.60. The lowest BCUT2D eigenvalue weighted by Crippen LogP contribution is -2.71. The van der Waals surface area contributed by atoms with E-state index in [9.17, 15) is 14.7 Å². The molecule has 1 aromatic carbocycles.